The van der Waals surface area contributed by atoms with E-state index in [1.54, 1.807) is 6.07 Å². The summed E-state index contributed by atoms with van der Waals surface area (Å²) in [5, 5.41) is 13.2. The molecule has 2 saturated heterocycles. The van der Waals surface area contributed by atoms with Gasteiger partial charge >= 0.3 is 5.97 Å². The number of thioether (sulfide) groups is 1. The van der Waals surface area contributed by atoms with Crippen LogP contribution in [0.25, 0.3) is 0 Å². The number of imide groups is 1. The summed E-state index contributed by atoms with van der Waals surface area (Å²) < 4.78 is 0. The number of aliphatic carboxylic acids is 1. The smallest absolute Gasteiger partial charge is 0.321 e. The molecule has 2 aromatic rings. The Labute approximate surface area is 197 Å². The lowest BCUT2D eigenvalue weighted by Crippen LogP contribution is -2.43. The van der Waals surface area contributed by atoms with E-state index < -0.39 is 41.7 Å². The van der Waals surface area contributed by atoms with Gasteiger partial charge in [0.05, 0.1) is 21.9 Å². The molecule has 2 fully saturated rings. The first kappa shape index (κ1) is 22.4. The first-order valence-corrected chi connectivity index (χ1v) is 11.6. The normalized spacial score (nSPS) is 25.2. The minimum Gasteiger partial charge on any atom is -0.480 e. The van der Waals surface area contributed by atoms with E-state index in [2.05, 4.69) is 5.32 Å². The Bertz CT molecular complexity index is 1050. The summed E-state index contributed by atoms with van der Waals surface area (Å²) >= 11 is 20.1. The molecule has 2 amide bonds. The number of hydrogen-bond donors (Lipinski definition) is 2. The number of rotatable bonds is 6. The van der Waals surface area contributed by atoms with E-state index in [4.69, 9.17) is 34.8 Å². The van der Waals surface area contributed by atoms with Crippen molar-refractivity contribution in [2.45, 2.75) is 17.0 Å². The lowest BCUT2D eigenvalue weighted by Gasteiger charge is -2.22. The van der Waals surface area contributed by atoms with Gasteiger partial charge in [-0.3, -0.25) is 24.6 Å². The molecule has 2 aliphatic heterocycles. The summed E-state index contributed by atoms with van der Waals surface area (Å²) in [6.45, 7) is 0.188. The third-order valence-electron chi connectivity index (χ3n) is 5.52. The van der Waals surface area contributed by atoms with Crippen molar-refractivity contribution < 1.29 is 19.5 Å². The number of nitrogens with one attached hydrogen (secondary N) is 1. The fourth-order valence-corrected chi connectivity index (χ4v) is 5.77. The quantitative estimate of drug-likeness (QED) is 0.353. The van der Waals surface area contributed by atoms with Gasteiger partial charge in [0.25, 0.3) is 0 Å². The zero-order chi connectivity index (χ0) is 22.3. The third-order valence-corrected chi connectivity index (χ3v) is 7.54. The molecule has 0 aromatic heterocycles. The van der Waals surface area contributed by atoms with Crippen LogP contribution in [0.3, 0.4) is 0 Å². The first-order chi connectivity index (χ1) is 14.8. The van der Waals surface area contributed by atoms with Gasteiger partial charge in [-0.15, -0.1) is 11.8 Å². The minimum atomic E-state index is -1.22. The van der Waals surface area contributed by atoms with Gasteiger partial charge < -0.3 is 5.11 Å². The summed E-state index contributed by atoms with van der Waals surface area (Å²) in [6.07, 6.45) is 0. The monoisotopic (exact) mass is 498 g/mol. The summed E-state index contributed by atoms with van der Waals surface area (Å²) in [5.41, 5.74) is 0.402. The molecular formula is C21H17Cl3N2O4S. The van der Waals surface area contributed by atoms with Gasteiger partial charge in [0.2, 0.25) is 11.8 Å². The maximum absolute atomic E-state index is 13.2. The Kier molecular flexibility index (Phi) is 6.51. The van der Waals surface area contributed by atoms with Crippen LogP contribution in [0.5, 0.6) is 0 Å². The highest BCUT2D eigenvalue weighted by molar-refractivity contribution is 7.99. The summed E-state index contributed by atoms with van der Waals surface area (Å²) in [4.78, 5) is 40.3. The number of carbonyl (C=O) groups is 3. The van der Waals surface area contributed by atoms with Crippen LogP contribution in [0.4, 0.5) is 0 Å². The second-order valence-corrected chi connectivity index (χ2v) is 9.68. The van der Waals surface area contributed by atoms with E-state index >= 15 is 0 Å². The van der Waals surface area contributed by atoms with Crippen molar-refractivity contribution in [3.05, 3.63) is 63.1 Å². The summed E-state index contributed by atoms with van der Waals surface area (Å²) in [6, 6.07) is 10.6. The molecule has 2 aliphatic rings. The van der Waals surface area contributed by atoms with Gasteiger partial charge in [0.15, 0.2) is 0 Å². The van der Waals surface area contributed by atoms with Crippen molar-refractivity contribution in [2.24, 2.45) is 11.8 Å². The van der Waals surface area contributed by atoms with Gasteiger partial charge in [-0.25, -0.2) is 0 Å². The van der Waals surface area contributed by atoms with Crippen LogP contribution < -0.4 is 5.32 Å². The molecule has 31 heavy (non-hydrogen) atoms. The number of amides is 2. The molecule has 0 radical (unpaired) electrons. The Morgan fingerprint density at radius 3 is 2.42 bits per heavy atom. The highest BCUT2D eigenvalue weighted by Crippen LogP contribution is 2.47. The van der Waals surface area contributed by atoms with Crippen LogP contribution in [-0.2, 0) is 14.4 Å². The zero-order valence-corrected chi connectivity index (χ0v) is 19.0. The Balaban J connectivity index is 1.60. The van der Waals surface area contributed by atoms with E-state index in [9.17, 15) is 19.5 Å². The van der Waals surface area contributed by atoms with Crippen molar-refractivity contribution in [2.75, 3.05) is 12.3 Å². The summed E-state index contributed by atoms with van der Waals surface area (Å²) in [7, 11) is 0. The third kappa shape index (κ3) is 4.17. The van der Waals surface area contributed by atoms with Gasteiger partial charge in [-0.2, -0.15) is 0 Å². The second-order valence-electron chi connectivity index (χ2n) is 7.29. The van der Waals surface area contributed by atoms with E-state index in [0.717, 1.165) is 9.80 Å². The van der Waals surface area contributed by atoms with Gasteiger partial charge in [0.1, 0.15) is 6.04 Å². The standard InChI is InChI=1S/C21H17Cl3N2O4S/c22-10-8-12(16(24)13(23)9-10)17-14-15(18(25-17)21(29)30)20(28)26(19(14)27)6-7-31-11-4-2-1-3-5-11/h1-5,8-9,14-15,17-18,25H,6-7H2,(H,29,30). The average molecular weight is 500 g/mol. The van der Waals surface area contributed by atoms with Gasteiger partial charge in [0, 0.05) is 28.3 Å². The van der Waals surface area contributed by atoms with Crippen molar-refractivity contribution in [3.8, 4) is 0 Å². The number of carboxylic acid groups (broad SMARTS) is 1. The van der Waals surface area contributed by atoms with Crippen molar-refractivity contribution in [1.29, 1.82) is 0 Å². The molecule has 0 bridgehead atoms. The van der Waals surface area contributed by atoms with Crippen molar-refractivity contribution in [3.63, 3.8) is 0 Å². The number of carbonyl (C=O) groups excluding carboxylic acids is 2. The number of carboxylic acids is 1. The van der Waals surface area contributed by atoms with Crippen molar-refractivity contribution >= 4 is 64.3 Å². The molecule has 6 nitrogen and oxygen atoms in total. The summed E-state index contributed by atoms with van der Waals surface area (Å²) in [5.74, 6) is -3.54. The lowest BCUT2D eigenvalue weighted by atomic mass is 9.86. The number of likely N-dealkylation sites (tertiary alicyclic amines) is 1. The Morgan fingerprint density at radius 2 is 1.74 bits per heavy atom. The van der Waals surface area contributed by atoms with Crippen LogP contribution in [-0.4, -0.2) is 46.1 Å². The second kappa shape index (κ2) is 9.00. The maximum atomic E-state index is 13.2. The molecule has 2 aromatic carbocycles. The van der Waals surface area contributed by atoms with Gasteiger partial charge in [-0.05, 0) is 29.8 Å². The van der Waals surface area contributed by atoms with Gasteiger partial charge in [-0.1, -0.05) is 53.0 Å². The minimum absolute atomic E-state index is 0.173. The molecule has 4 unspecified atom stereocenters. The molecule has 2 heterocycles. The highest BCUT2D eigenvalue weighted by atomic mass is 35.5. The lowest BCUT2D eigenvalue weighted by molar-refractivity contribution is -0.145. The Morgan fingerprint density at radius 1 is 1.06 bits per heavy atom. The van der Waals surface area contributed by atoms with E-state index in [1.165, 1.54) is 17.8 Å². The topological polar surface area (TPSA) is 86.7 Å². The number of halogens is 3. The molecular weight excluding hydrogens is 483 g/mol. The average Bonchev–Trinajstić information content (AvgIpc) is 3.24. The molecule has 4 rings (SSSR count). The van der Waals surface area contributed by atoms with Crippen molar-refractivity contribution in [1.82, 2.24) is 10.2 Å². The number of hydrogen-bond acceptors (Lipinski definition) is 5. The zero-order valence-electron chi connectivity index (χ0n) is 15.9. The molecule has 2 N–H and O–H groups in total. The van der Waals surface area contributed by atoms with E-state index in [0.29, 0.717) is 16.3 Å². The predicted molar refractivity (Wildman–Crippen MR) is 120 cm³/mol. The largest absolute Gasteiger partial charge is 0.480 e. The molecule has 10 heteroatoms. The van der Waals surface area contributed by atoms with E-state index in [1.807, 2.05) is 30.3 Å². The number of fused-ring (bicyclic) bond motifs is 1. The maximum Gasteiger partial charge on any atom is 0.321 e. The fraction of sp³-hybridized carbons (Fsp3) is 0.286. The van der Waals surface area contributed by atoms with Crippen LogP contribution in [0.1, 0.15) is 11.6 Å². The van der Waals surface area contributed by atoms with E-state index in [-0.39, 0.29) is 16.6 Å². The molecule has 162 valence electrons. The molecule has 0 spiro atoms. The Hall–Kier alpha value is -1.77. The fourth-order valence-electron chi connectivity index (χ4n) is 4.18. The molecule has 0 saturated carbocycles. The van der Waals surface area contributed by atoms with Crippen LogP contribution >= 0.6 is 46.6 Å². The SMILES string of the molecule is O=C(O)C1NC(c2cc(Cl)cc(Cl)c2Cl)C2C(=O)N(CCSc3ccccc3)C(=O)C12. The first-order valence-electron chi connectivity index (χ1n) is 9.46. The highest BCUT2D eigenvalue weighted by Gasteiger charge is 2.61. The predicted octanol–water partition coefficient (Wildman–Crippen LogP) is 4.14. The molecule has 0 aliphatic carbocycles. The molecule has 4 atom stereocenters. The van der Waals surface area contributed by atoms with Crippen LogP contribution in [0, 0.1) is 11.8 Å². The number of nitrogens with zero attached hydrogens (tertiary/aromatic N) is 1. The van der Waals surface area contributed by atoms with Crippen LogP contribution in [0.2, 0.25) is 15.1 Å². The number of benzene rings is 2. The van der Waals surface area contributed by atoms with Crippen LogP contribution in [0.15, 0.2) is 47.4 Å².